The zero-order valence-corrected chi connectivity index (χ0v) is 11.0. The van der Waals surface area contributed by atoms with E-state index in [9.17, 15) is 5.11 Å². The van der Waals surface area contributed by atoms with E-state index in [0.29, 0.717) is 16.7 Å². The monoisotopic (exact) mass is 263 g/mol. The Bertz CT molecular complexity index is 538. The van der Waals surface area contributed by atoms with E-state index < -0.39 is 6.10 Å². The standard InChI is InChI=1S/C14H14ClNO2/c1-9-3-5-12(15)13(7-9)18-14-6-4-11(8-16-14)10(2)17/h3-8,10,17H,1-2H3. The summed E-state index contributed by atoms with van der Waals surface area (Å²) in [6.07, 6.45) is 1.05. The predicted molar refractivity (Wildman–Crippen MR) is 71.1 cm³/mol. The number of ether oxygens (including phenoxy) is 1. The van der Waals surface area contributed by atoms with Gasteiger partial charge in [-0.05, 0) is 43.2 Å². The Kier molecular flexibility index (Phi) is 3.84. The Morgan fingerprint density at radius 3 is 2.67 bits per heavy atom. The van der Waals surface area contributed by atoms with Gasteiger partial charge in [0.15, 0.2) is 0 Å². The van der Waals surface area contributed by atoms with Gasteiger partial charge in [0.25, 0.3) is 0 Å². The first-order chi connectivity index (χ1) is 8.56. The van der Waals surface area contributed by atoms with Crippen LogP contribution in [0, 0.1) is 6.92 Å². The summed E-state index contributed by atoms with van der Waals surface area (Å²) < 4.78 is 5.60. The van der Waals surface area contributed by atoms with Crippen LogP contribution >= 0.6 is 11.6 Å². The SMILES string of the molecule is Cc1ccc(Cl)c(Oc2ccc(C(C)O)cn2)c1. The number of aromatic nitrogens is 1. The fourth-order valence-electron chi connectivity index (χ4n) is 1.50. The van der Waals surface area contributed by atoms with E-state index in [1.807, 2.05) is 19.1 Å². The van der Waals surface area contributed by atoms with Gasteiger partial charge in [0.05, 0.1) is 11.1 Å². The van der Waals surface area contributed by atoms with Crippen LogP contribution in [-0.4, -0.2) is 10.1 Å². The molecule has 1 atom stereocenters. The van der Waals surface area contributed by atoms with Crippen molar-refractivity contribution < 1.29 is 9.84 Å². The van der Waals surface area contributed by atoms with Crippen LogP contribution in [0.2, 0.25) is 5.02 Å². The highest BCUT2D eigenvalue weighted by atomic mass is 35.5. The maximum atomic E-state index is 9.38. The molecule has 0 amide bonds. The molecule has 0 aliphatic rings. The average molecular weight is 264 g/mol. The number of halogens is 1. The van der Waals surface area contributed by atoms with Crippen LogP contribution in [0.15, 0.2) is 36.5 Å². The fourth-order valence-corrected chi connectivity index (χ4v) is 1.66. The molecular formula is C14H14ClNO2. The third kappa shape index (κ3) is 3.00. The van der Waals surface area contributed by atoms with Crippen molar-refractivity contribution in [1.29, 1.82) is 0 Å². The molecule has 0 spiro atoms. The third-order valence-corrected chi connectivity index (χ3v) is 2.86. The minimum absolute atomic E-state index is 0.451. The van der Waals surface area contributed by atoms with Gasteiger partial charge in [-0.1, -0.05) is 17.7 Å². The summed E-state index contributed by atoms with van der Waals surface area (Å²) >= 11 is 6.04. The summed E-state index contributed by atoms with van der Waals surface area (Å²) in [5.74, 6) is 1.03. The lowest BCUT2D eigenvalue weighted by Crippen LogP contribution is -1.94. The number of aryl methyl sites for hydroxylation is 1. The Morgan fingerprint density at radius 1 is 1.28 bits per heavy atom. The van der Waals surface area contributed by atoms with E-state index in [0.717, 1.165) is 11.1 Å². The van der Waals surface area contributed by atoms with Crippen LogP contribution < -0.4 is 4.74 Å². The first kappa shape index (κ1) is 12.9. The molecule has 1 unspecified atom stereocenters. The van der Waals surface area contributed by atoms with Crippen molar-refractivity contribution in [1.82, 2.24) is 4.98 Å². The zero-order valence-electron chi connectivity index (χ0n) is 10.2. The van der Waals surface area contributed by atoms with Gasteiger partial charge in [-0.15, -0.1) is 0 Å². The second-order valence-corrected chi connectivity index (χ2v) is 4.55. The molecule has 1 aromatic heterocycles. The van der Waals surface area contributed by atoms with Crippen molar-refractivity contribution in [2.24, 2.45) is 0 Å². The highest BCUT2D eigenvalue weighted by Gasteiger charge is 2.06. The lowest BCUT2D eigenvalue weighted by Gasteiger charge is -2.09. The molecule has 1 aromatic carbocycles. The number of nitrogens with zero attached hydrogens (tertiary/aromatic N) is 1. The quantitative estimate of drug-likeness (QED) is 0.914. The van der Waals surface area contributed by atoms with Crippen LogP contribution in [-0.2, 0) is 0 Å². The first-order valence-electron chi connectivity index (χ1n) is 5.64. The molecule has 94 valence electrons. The van der Waals surface area contributed by atoms with E-state index in [1.54, 1.807) is 31.3 Å². The molecular weight excluding hydrogens is 250 g/mol. The normalized spacial score (nSPS) is 12.2. The topological polar surface area (TPSA) is 42.4 Å². The summed E-state index contributed by atoms with van der Waals surface area (Å²) in [6, 6.07) is 9.04. The van der Waals surface area contributed by atoms with E-state index in [1.165, 1.54) is 0 Å². The number of pyridine rings is 1. The van der Waals surface area contributed by atoms with E-state index in [-0.39, 0.29) is 0 Å². The molecule has 0 aliphatic carbocycles. The Labute approximate surface area is 111 Å². The van der Waals surface area contributed by atoms with E-state index >= 15 is 0 Å². The van der Waals surface area contributed by atoms with Crippen LogP contribution in [0.5, 0.6) is 11.6 Å². The molecule has 2 aromatic rings. The first-order valence-corrected chi connectivity index (χ1v) is 6.02. The summed E-state index contributed by atoms with van der Waals surface area (Å²) in [6.45, 7) is 3.65. The number of hydrogen-bond donors (Lipinski definition) is 1. The van der Waals surface area contributed by atoms with Gasteiger partial charge in [0.2, 0.25) is 5.88 Å². The minimum atomic E-state index is -0.533. The highest BCUT2D eigenvalue weighted by Crippen LogP contribution is 2.29. The van der Waals surface area contributed by atoms with Crippen molar-refractivity contribution in [3.63, 3.8) is 0 Å². The summed E-state index contributed by atoms with van der Waals surface area (Å²) in [7, 11) is 0. The number of hydrogen-bond acceptors (Lipinski definition) is 3. The Morgan fingerprint density at radius 2 is 2.06 bits per heavy atom. The molecule has 0 fully saturated rings. The van der Waals surface area contributed by atoms with Gasteiger partial charge in [0.1, 0.15) is 5.75 Å². The number of aliphatic hydroxyl groups is 1. The third-order valence-electron chi connectivity index (χ3n) is 2.54. The Balaban J connectivity index is 2.21. The molecule has 3 nitrogen and oxygen atoms in total. The van der Waals surface area contributed by atoms with Crippen molar-refractivity contribution in [2.75, 3.05) is 0 Å². The van der Waals surface area contributed by atoms with Gasteiger partial charge >= 0.3 is 0 Å². The van der Waals surface area contributed by atoms with Crippen molar-refractivity contribution in [3.8, 4) is 11.6 Å². The molecule has 0 radical (unpaired) electrons. The van der Waals surface area contributed by atoms with Crippen LogP contribution in [0.1, 0.15) is 24.2 Å². The van der Waals surface area contributed by atoms with Crippen LogP contribution in [0.4, 0.5) is 0 Å². The molecule has 4 heteroatoms. The molecule has 0 bridgehead atoms. The van der Waals surface area contributed by atoms with Crippen molar-refractivity contribution >= 4 is 11.6 Å². The number of rotatable bonds is 3. The van der Waals surface area contributed by atoms with E-state index in [4.69, 9.17) is 16.3 Å². The summed E-state index contributed by atoms with van der Waals surface area (Å²) in [5, 5.41) is 9.93. The number of aliphatic hydroxyl groups excluding tert-OH is 1. The molecule has 0 saturated carbocycles. The maximum absolute atomic E-state index is 9.38. The number of benzene rings is 1. The second-order valence-electron chi connectivity index (χ2n) is 4.14. The smallest absolute Gasteiger partial charge is 0.219 e. The zero-order chi connectivity index (χ0) is 13.1. The molecule has 18 heavy (non-hydrogen) atoms. The molecule has 1 heterocycles. The largest absolute Gasteiger partial charge is 0.437 e. The van der Waals surface area contributed by atoms with Gasteiger partial charge in [-0.2, -0.15) is 0 Å². The summed E-state index contributed by atoms with van der Waals surface area (Å²) in [4.78, 5) is 4.13. The lowest BCUT2D eigenvalue weighted by molar-refractivity contribution is 0.198. The molecule has 0 aliphatic heterocycles. The minimum Gasteiger partial charge on any atom is -0.437 e. The van der Waals surface area contributed by atoms with Crippen molar-refractivity contribution in [2.45, 2.75) is 20.0 Å². The fraction of sp³-hybridized carbons (Fsp3) is 0.214. The second kappa shape index (κ2) is 5.38. The van der Waals surface area contributed by atoms with Crippen LogP contribution in [0.25, 0.3) is 0 Å². The van der Waals surface area contributed by atoms with Gasteiger partial charge in [0, 0.05) is 12.3 Å². The predicted octanol–water partition coefficient (Wildman–Crippen LogP) is 3.89. The molecule has 2 rings (SSSR count). The van der Waals surface area contributed by atoms with Gasteiger partial charge < -0.3 is 9.84 Å². The Hall–Kier alpha value is -1.58. The highest BCUT2D eigenvalue weighted by molar-refractivity contribution is 6.32. The lowest BCUT2D eigenvalue weighted by atomic mass is 10.2. The van der Waals surface area contributed by atoms with Crippen molar-refractivity contribution in [3.05, 3.63) is 52.7 Å². The van der Waals surface area contributed by atoms with Gasteiger partial charge in [-0.3, -0.25) is 0 Å². The van der Waals surface area contributed by atoms with Gasteiger partial charge in [-0.25, -0.2) is 4.98 Å². The summed E-state index contributed by atoms with van der Waals surface area (Å²) in [5.41, 5.74) is 1.81. The van der Waals surface area contributed by atoms with E-state index in [2.05, 4.69) is 4.98 Å². The maximum Gasteiger partial charge on any atom is 0.219 e. The molecule has 0 saturated heterocycles. The van der Waals surface area contributed by atoms with Crippen LogP contribution in [0.3, 0.4) is 0 Å². The molecule has 1 N–H and O–H groups in total. The average Bonchev–Trinajstić information content (AvgIpc) is 2.34.